The van der Waals surface area contributed by atoms with Gasteiger partial charge in [0.15, 0.2) is 0 Å². The fourth-order valence-electron chi connectivity index (χ4n) is 1.97. The Morgan fingerprint density at radius 1 is 1.30 bits per heavy atom. The highest BCUT2D eigenvalue weighted by atomic mass is 16.3. The van der Waals surface area contributed by atoms with Gasteiger partial charge in [-0.1, -0.05) is 6.92 Å². The fraction of sp³-hybridized carbons (Fsp3) is 0.467. The molecule has 1 N–H and O–H groups in total. The summed E-state index contributed by atoms with van der Waals surface area (Å²) in [4.78, 5) is 11.0. The molecule has 5 heteroatoms. The number of rotatable bonds is 6. The molecular formula is C15H22N4O. The first kappa shape index (κ1) is 14.5. The Kier molecular flexibility index (Phi) is 4.74. The molecule has 0 aliphatic heterocycles. The Morgan fingerprint density at radius 2 is 2.10 bits per heavy atom. The molecule has 0 fully saturated rings. The maximum Gasteiger partial charge on any atom is 0.225 e. The number of hydrogen-bond donors (Lipinski definition) is 1. The van der Waals surface area contributed by atoms with Crippen LogP contribution in [-0.2, 0) is 13.1 Å². The van der Waals surface area contributed by atoms with Crippen LogP contribution in [0.1, 0.15) is 29.7 Å². The average molecular weight is 274 g/mol. The summed E-state index contributed by atoms with van der Waals surface area (Å²) in [6.45, 7) is 8.47. The molecule has 108 valence electrons. The van der Waals surface area contributed by atoms with E-state index < -0.39 is 0 Å². The molecule has 2 aromatic rings. The molecule has 2 rings (SSSR count). The lowest BCUT2D eigenvalue weighted by atomic mass is 10.2. The third-order valence-corrected chi connectivity index (χ3v) is 3.16. The Hall–Kier alpha value is -1.88. The van der Waals surface area contributed by atoms with E-state index in [0.29, 0.717) is 6.54 Å². The van der Waals surface area contributed by atoms with E-state index in [2.05, 4.69) is 22.2 Å². The fourth-order valence-corrected chi connectivity index (χ4v) is 1.97. The van der Waals surface area contributed by atoms with Crippen LogP contribution in [0.4, 0.5) is 5.95 Å². The van der Waals surface area contributed by atoms with Gasteiger partial charge in [-0.25, -0.2) is 9.97 Å². The van der Waals surface area contributed by atoms with Crippen molar-refractivity contribution in [3.05, 3.63) is 41.1 Å². The summed E-state index contributed by atoms with van der Waals surface area (Å²) in [5.74, 6) is 2.56. The summed E-state index contributed by atoms with van der Waals surface area (Å²) in [5, 5.41) is 3.29. The minimum absolute atomic E-state index is 0.667. The van der Waals surface area contributed by atoms with Gasteiger partial charge in [0.25, 0.3) is 0 Å². The molecular weight excluding hydrogens is 252 g/mol. The van der Waals surface area contributed by atoms with Gasteiger partial charge >= 0.3 is 0 Å². The lowest BCUT2D eigenvalue weighted by molar-refractivity contribution is 0.480. The highest BCUT2D eigenvalue weighted by Crippen LogP contribution is 2.14. The molecule has 0 bridgehead atoms. The van der Waals surface area contributed by atoms with Gasteiger partial charge in [-0.15, -0.1) is 0 Å². The van der Waals surface area contributed by atoms with Gasteiger partial charge in [0.05, 0.1) is 6.54 Å². The van der Waals surface area contributed by atoms with Crippen molar-refractivity contribution in [2.45, 2.75) is 33.9 Å². The number of aromatic nitrogens is 2. The molecule has 0 spiro atoms. The number of furan rings is 1. The largest absolute Gasteiger partial charge is 0.464 e. The molecule has 0 atom stereocenters. The predicted molar refractivity (Wildman–Crippen MR) is 79.7 cm³/mol. The maximum atomic E-state index is 5.58. The Bertz CT molecular complexity index is 565. The summed E-state index contributed by atoms with van der Waals surface area (Å²) in [6, 6.07) is 3.95. The van der Waals surface area contributed by atoms with Crippen molar-refractivity contribution >= 4 is 5.95 Å². The molecule has 0 amide bonds. The van der Waals surface area contributed by atoms with Crippen molar-refractivity contribution in [2.24, 2.45) is 0 Å². The van der Waals surface area contributed by atoms with Gasteiger partial charge in [-0.3, -0.25) is 0 Å². The summed E-state index contributed by atoms with van der Waals surface area (Å²) in [6.07, 6.45) is 1.89. The quantitative estimate of drug-likeness (QED) is 0.876. The predicted octanol–water partition coefficient (Wildman–Crippen LogP) is 2.43. The Morgan fingerprint density at radius 3 is 2.70 bits per heavy atom. The zero-order valence-electron chi connectivity index (χ0n) is 12.6. The minimum atomic E-state index is 0.667. The lowest BCUT2D eigenvalue weighted by Gasteiger charge is -2.17. The third kappa shape index (κ3) is 3.57. The van der Waals surface area contributed by atoms with E-state index in [1.165, 1.54) is 0 Å². The van der Waals surface area contributed by atoms with E-state index in [-0.39, 0.29) is 0 Å². The standard InChI is InChI=1S/C15H22N4O/c1-5-16-8-13-9-17-15(18-12(13)3)19(4)10-14-7-6-11(2)20-14/h6-7,9,16H,5,8,10H2,1-4H3. The van der Waals surface area contributed by atoms with Crippen LogP contribution in [0.2, 0.25) is 0 Å². The van der Waals surface area contributed by atoms with Crippen molar-refractivity contribution in [1.82, 2.24) is 15.3 Å². The second kappa shape index (κ2) is 6.52. The van der Waals surface area contributed by atoms with Gasteiger partial charge in [0, 0.05) is 31.0 Å². The average Bonchev–Trinajstić information content (AvgIpc) is 2.82. The monoisotopic (exact) mass is 274 g/mol. The normalized spacial score (nSPS) is 10.8. The first-order chi connectivity index (χ1) is 9.60. The summed E-state index contributed by atoms with van der Waals surface area (Å²) in [7, 11) is 1.97. The van der Waals surface area contributed by atoms with Gasteiger partial charge in [-0.05, 0) is 32.5 Å². The maximum absolute atomic E-state index is 5.58. The lowest BCUT2D eigenvalue weighted by Crippen LogP contribution is -2.20. The van der Waals surface area contributed by atoms with E-state index in [1.807, 2.05) is 44.1 Å². The minimum Gasteiger partial charge on any atom is -0.464 e. The number of hydrogen-bond acceptors (Lipinski definition) is 5. The number of nitrogens with one attached hydrogen (secondary N) is 1. The number of anilines is 1. The van der Waals surface area contributed by atoms with Crippen LogP contribution in [0.5, 0.6) is 0 Å². The van der Waals surface area contributed by atoms with E-state index in [0.717, 1.165) is 41.8 Å². The zero-order chi connectivity index (χ0) is 14.5. The highest BCUT2D eigenvalue weighted by molar-refractivity contribution is 5.32. The van der Waals surface area contributed by atoms with Gasteiger partial charge in [0.2, 0.25) is 5.95 Å². The summed E-state index contributed by atoms with van der Waals surface area (Å²) < 4.78 is 5.58. The van der Waals surface area contributed by atoms with Gasteiger partial charge in [-0.2, -0.15) is 0 Å². The molecule has 0 saturated heterocycles. The third-order valence-electron chi connectivity index (χ3n) is 3.16. The van der Waals surface area contributed by atoms with Crippen LogP contribution in [0.25, 0.3) is 0 Å². The van der Waals surface area contributed by atoms with Crippen LogP contribution in [-0.4, -0.2) is 23.6 Å². The molecule has 20 heavy (non-hydrogen) atoms. The first-order valence-electron chi connectivity index (χ1n) is 6.89. The Balaban J connectivity index is 2.06. The second-order valence-corrected chi connectivity index (χ2v) is 4.93. The first-order valence-corrected chi connectivity index (χ1v) is 6.89. The van der Waals surface area contributed by atoms with Crippen molar-refractivity contribution in [1.29, 1.82) is 0 Å². The molecule has 2 heterocycles. The second-order valence-electron chi connectivity index (χ2n) is 4.93. The topological polar surface area (TPSA) is 54.2 Å². The molecule has 0 unspecified atom stereocenters. The van der Waals surface area contributed by atoms with Crippen molar-refractivity contribution in [3.63, 3.8) is 0 Å². The number of aryl methyl sites for hydroxylation is 2. The Labute approximate surface area is 120 Å². The van der Waals surface area contributed by atoms with Crippen LogP contribution in [0, 0.1) is 13.8 Å². The van der Waals surface area contributed by atoms with Crippen molar-refractivity contribution in [3.8, 4) is 0 Å². The summed E-state index contributed by atoms with van der Waals surface area (Å²) in [5.41, 5.74) is 2.15. The molecule has 0 aromatic carbocycles. The van der Waals surface area contributed by atoms with E-state index in [4.69, 9.17) is 4.42 Å². The van der Waals surface area contributed by atoms with Gasteiger partial charge in [0.1, 0.15) is 11.5 Å². The van der Waals surface area contributed by atoms with E-state index >= 15 is 0 Å². The zero-order valence-corrected chi connectivity index (χ0v) is 12.6. The van der Waals surface area contributed by atoms with E-state index in [9.17, 15) is 0 Å². The van der Waals surface area contributed by atoms with Crippen LogP contribution in [0.3, 0.4) is 0 Å². The van der Waals surface area contributed by atoms with Crippen molar-refractivity contribution < 1.29 is 4.42 Å². The van der Waals surface area contributed by atoms with Crippen molar-refractivity contribution in [2.75, 3.05) is 18.5 Å². The molecule has 5 nitrogen and oxygen atoms in total. The molecule has 0 saturated carbocycles. The SMILES string of the molecule is CCNCc1cnc(N(C)Cc2ccc(C)o2)nc1C. The molecule has 0 radical (unpaired) electrons. The molecule has 0 aliphatic rings. The van der Waals surface area contributed by atoms with Crippen LogP contribution < -0.4 is 10.2 Å². The molecule has 0 aliphatic carbocycles. The molecule has 2 aromatic heterocycles. The smallest absolute Gasteiger partial charge is 0.225 e. The van der Waals surface area contributed by atoms with Crippen LogP contribution >= 0.6 is 0 Å². The van der Waals surface area contributed by atoms with Gasteiger partial charge < -0.3 is 14.6 Å². The summed E-state index contributed by atoms with van der Waals surface area (Å²) >= 11 is 0. The number of nitrogens with zero attached hydrogens (tertiary/aromatic N) is 3. The van der Waals surface area contributed by atoms with Crippen LogP contribution in [0.15, 0.2) is 22.7 Å². The van der Waals surface area contributed by atoms with E-state index in [1.54, 1.807) is 0 Å². The highest BCUT2D eigenvalue weighted by Gasteiger charge is 2.09.